The minimum Gasteiger partial charge on any atom is -0.385 e. The highest BCUT2D eigenvalue weighted by Crippen LogP contribution is 2.52. The number of benzene rings is 2. The van der Waals surface area contributed by atoms with Gasteiger partial charge in [-0.25, -0.2) is 21.6 Å². The zero-order valence-corrected chi connectivity index (χ0v) is 22.4. The van der Waals surface area contributed by atoms with Gasteiger partial charge >= 0.3 is 0 Å². The fourth-order valence-corrected chi connectivity index (χ4v) is 8.61. The van der Waals surface area contributed by atoms with Crippen molar-refractivity contribution in [1.82, 2.24) is 0 Å². The van der Waals surface area contributed by atoms with E-state index in [0.29, 0.717) is 38.2 Å². The molecule has 2 saturated carbocycles. The highest BCUT2D eigenvalue weighted by atomic mass is 35.5. The van der Waals surface area contributed by atoms with Crippen LogP contribution in [0.5, 0.6) is 0 Å². The molecule has 2 aliphatic rings. The normalized spacial score (nSPS) is 25.1. The average Bonchev–Trinajstić information content (AvgIpc) is 3.15. The number of halogens is 4. The summed E-state index contributed by atoms with van der Waals surface area (Å²) < 4.78 is 79.3. The van der Waals surface area contributed by atoms with Crippen molar-refractivity contribution in [3.8, 4) is 0 Å². The molecule has 7 nitrogen and oxygen atoms in total. The molecule has 0 spiro atoms. The van der Waals surface area contributed by atoms with Gasteiger partial charge in [-0.15, -0.1) is 0 Å². The van der Waals surface area contributed by atoms with E-state index in [9.17, 15) is 31.5 Å². The van der Waals surface area contributed by atoms with Gasteiger partial charge in [0.15, 0.2) is 33.6 Å². The van der Waals surface area contributed by atoms with Gasteiger partial charge in [0.05, 0.1) is 15.2 Å². The van der Waals surface area contributed by atoms with E-state index in [4.69, 9.17) is 21.1 Å². The van der Waals surface area contributed by atoms with Gasteiger partial charge < -0.3 is 19.9 Å². The summed E-state index contributed by atoms with van der Waals surface area (Å²) in [4.78, 5) is 12.5. The number of amides is 1. The minimum absolute atomic E-state index is 0.0813. The second kappa shape index (κ2) is 11.1. The summed E-state index contributed by atoms with van der Waals surface area (Å²) >= 11 is 6.29. The smallest absolute Gasteiger partial charge is 0.255 e. The Balaban J connectivity index is 1.60. The molecular formula is C26H29ClF3NO6S. The van der Waals surface area contributed by atoms with Crippen molar-refractivity contribution in [3.05, 3.63) is 58.4 Å². The summed E-state index contributed by atoms with van der Waals surface area (Å²) in [5, 5.41) is 12.7. The van der Waals surface area contributed by atoms with E-state index in [1.165, 1.54) is 12.1 Å². The second-order valence-corrected chi connectivity index (χ2v) is 12.2. The summed E-state index contributed by atoms with van der Waals surface area (Å²) in [6.45, 7) is 4.22. The van der Waals surface area contributed by atoms with Gasteiger partial charge in [-0.1, -0.05) is 11.6 Å². The largest absolute Gasteiger partial charge is 0.385 e. The molecule has 4 rings (SSSR count). The van der Waals surface area contributed by atoms with Crippen LogP contribution < -0.4 is 5.32 Å². The Morgan fingerprint density at radius 1 is 1.08 bits per heavy atom. The van der Waals surface area contributed by atoms with Crippen molar-refractivity contribution in [2.75, 3.05) is 18.5 Å². The van der Waals surface area contributed by atoms with Crippen molar-refractivity contribution in [2.45, 2.75) is 61.6 Å². The van der Waals surface area contributed by atoms with Gasteiger partial charge in [-0.2, -0.15) is 0 Å². The van der Waals surface area contributed by atoms with Crippen LogP contribution in [0.4, 0.5) is 18.9 Å². The van der Waals surface area contributed by atoms with Gasteiger partial charge in [0, 0.05) is 36.6 Å². The maximum atomic E-state index is 13.9. The molecule has 2 unspecified atom stereocenters. The Kier molecular flexibility index (Phi) is 8.44. The van der Waals surface area contributed by atoms with Crippen LogP contribution in [0.15, 0.2) is 35.2 Å². The summed E-state index contributed by atoms with van der Waals surface area (Å²) in [7, 11) is -4.05. The lowest BCUT2D eigenvalue weighted by molar-refractivity contribution is -0.249. The van der Waals surface area contributed by atoms with E-state index in [1.807, 2.05) is 0 Å². The number of carbonyl (C=O) groups excluding carboxylic acids is 1. The number of carbonyl (C=O) groups is 1. The number of rotatable bonds is 9. The molecule has 1 amide bonds. The number of anilines is 1. The van der Waals surface area contributed by atoms with Crippen molar-refractivity contribution in [2.24, 2.45) is 11.8 Å². The molecular weight excluding hydrogens is 547 g/mol. The third-order valence-electron chi connectivity index (χ3n) is 7.24. The van der Waals surface area contributed by atoms with Crippen LogP contribution in [0.25, 0.3) is 0 Å². The molecule has 0 radical (unpaired) electrons. The highest BCUT2D eigenvalue weighted by Gasteiger charge is 2.57. The second-order valence-electron chi connectivity index (χ2n) is 9.71. The predicted molar refractivity (Wildman–Crippen MR) is 134 cm³/mol. The van der Waals surface area contributed by atoms with Gasteiger partial charge in [-0.3, -0.25) is 4.79 Å². The number of fused-ring (bicyclic) bond motifs is 2. The first-order valence-electron chi connectivity index (χ1n) is 12.4. The number of ether oxygens (including phenoxy) is 2. The summed E-state index contributed by atoms with van der Waals surface area (Å²) in [5.74, 6) is -6.27. The molecule has 208 valence electrons. The van der Waals surface area contributed by atoms with E-state index in [1.54, 1.807) is 13.8 Å². The highest BCUT2D eigenvalue weighted by molar-refractivity contribution is 7.92. The van der Waals surface area contributed by atoms with Crippen LogP contribution in [0.2, 0.25) is 5.02 Å². The lowest BCUT2D eigenvalue weighted by Crippen LogP contribution is -2.54. The number of aliphatic hydroxyl groups is 1. The molecule has 2 bridgehead atoms. The van der Waals surface area contributed by atoms with Crippen LogP contribution in [0.1, 0.15) is 49.9 Å². The summed E-state index contributed by atoms with van der Waals surface area (Å²) in [6, 6.07) is 4.88. The standard InChI is InChI=1S/C26H29ClF3NO6S/c1-3-36-25(37-4-2)26(33)12-15-5-6-16(13-26)23(15)38(34,35)21-9-14(7-8-18(21)27)24(32)31-17-10-19(28)22(30)20(29)11-17/h7-11,15-16,23,25,33H,3-6,12-13H2,1-2H3,(H,31,32)/t15-,16?,23?,26+/m0/s1. The molecule has 0 heterocycles. The zero-order valence-electron chi connectivity index (χ0n) is 20.8. The number of hydrogen-bond donors (Lipinski definition) is 2. The maximum absolute atomic E-state index is 13.9. The fourth-order valence-electron chi connectivity index (χ4n) is 5.77. The molecule has 4 atom stereocenters. The van der Waals surface area contributed by atoms with Crippen LogP contribution in [0, 0.1) is 29.3 Å². The van der Waals surface area contributed by atoms with Crippen LogP contribution in [-0.2, 0) is 19.3 Å². The van der Waals surface area contributed by atoms with Crippen molar-refractivity contribution < 1.29 is 41.0 Å². The molecule has 2 fully saturated rings. The van der Waals surface area contributed by atoms with E-state index in [0.717, 1.165) is 6.07 Å². The molecule has 2 aromatic carbocycles. The van der Waals surface area contributed by atoms with Crippen molar-refractivity contribution >= 4 is 33.0 Å². The number of sulfone groups is 1. The Bertz CT molecular complexity index is 1280. The zero-order chi connectivity index (χ0) is 27.8. The number of nitrogens with one attached hydrogen (secondary N) is 1. The lowest BCUT2D eigenvalue weighted by Gasteiger charge is -2.44. The molecule has 38 heavy (non-hydrogen) atoms. The molecule has 2 N–H and O–H groups in total. The fraction of sp³-hybridized carbons (Fsp3) is 0.500. The molecule has 0 aromatic heterocycles. The van der Waals surface area contributed by atoms with Gasteiger partial charge in [0.25, 0.3) is 5.91 Å². The first-order valence-corrected chi connectivity index (χ1v) is 14.3. The third-order valence-corrected chi connectivity index (χ3v) is 10.1. The van der Waals surface area contributed by atoms with Crippen LogP contribution in [0.3, 0.4) is 0 Å². The van der Waals surface area contributed by atoms with E-state index in [2.05, 4.69) is 5.32 Å². The van der Waals surface area contributed by atoms with Gasteiger partial charge in [-0.05, 0) is 69.6 Å². The maximum Gasteiger partial charge on any atom is 0.255 e. The van der Waals surface area contributed by atoms with Gasteiger partial charge in [0.2, 0.25) is 0 Å². The Morgan fingerprint density at radius 2 is 1.63 bits per heavy atom. The Morgan fingerprint density at radius 3 is 2.16 bits per heavy atom. The van der Waals surface area contributed by atoms with Crippen LogP contribution >= 0.6 is 11.6 Å². The monoisotopic (exact) mass is 575 g/mol. The first kappa shape index (κ1) is 28.8. The van der Waals surface area contributed by atoms with Crippen LogP contribution in [-0.4, -0.2) is 49.8 Å². The quantitative estimate of drug-likeness (QED) is 0.319. The minimum atomic E-state index is -4.05. The SMILES string of the molecule is CCOC(OCC)[C@]1(O)CC2CC[C@@H](C1)C2S(=O)(=O)c1cc(C(=O)Nc2cc(F)c(F)c(F)c2)ccc1Cl. The van der Waals surface area contributed by atoms with E-state index < -0.39 is 50.3 Å². The van der Waals surface area contributed by atoms with Crippen molar-refractivity contribution in [3.63, 3.8) is 0 Å². The lowest BCUT2D eigenvalue weighted by atomic mass is 9.76. The predicted octanol–water partition coefficient (Wildman–Crippen LogP) is 5.10. The molecule has 12 heteroatoms. The summed E-state index contributed by atoms with van der Waals surface area (Å²) in [6.07, 6.45) is 0.624. The molecule has 0 aliphatic heterocycles. The number of hydrogen-bond acceptors (Lipinski definition) is 6. The van der Waals surface area contributed by atoms with Gasteiger partial charge in [0.1, 0.15) is 5.60 Å². The Labute approximate surface area is 224 Å². The first-order chi connectivity index (χ1) is 17.9. The van der Waals surface area contributed by atoms with E-state index in [-0.39, 0.29) is 45.8 Å². The molecule has 2 aliphatic carbocycles. The summed E-state index contributed by atoms with van der Waals surface area (Å²) in [5.41, 5.74) is -1.80. The Hall–Kier alpha value is -2.18. The van der Waals surface area contributed by atoms with E-state index >= 15 is 0 Å². The average molecular weight is 576 g/mol. The topological polar surface area (TPSA) is 102 Å². The molecule has 0 saturated heterocycles. The third kappa shape index (κ3) is 5.44. The van der Waals surface area contributed by atoms with Crippen molar-refractivity contribution in [1.29, 1.82) is 0 Å². The molecule has 2 aromatic rings.